The van der Waals surface area contributed by atoms with E-state index in [0.717, 1.165) is 12.2 Å². The van der Waals surface area contributed by atoms with Crippen LogP contribution in [0.1, 0.15) is 19.7 Å². The number of rotatable bonds is 5. The topological polar surface area (TPSA) is 66.0 Å². The molecule has 0 aliphatic rings. The number of hydrogen-bond donors (Lipinski definition) is 1. The maximum Gasteiger partial charge on any atom is 0.335 e. The zero-order valence-electron chi connectivity index (χ0n) is 9.03. The third-order valence-electron chi connectivity index (χ3n) is 1.75. The molecule has 1 aromatic heterocycles. The van der Waals surface area contributed by atoms with Crippen molar-refractivity contribution in [1.82, 2.24) is 14.8 Å². The molecule has 0 unspecified atom stereocenters. The quantitative estimate of drug-likeness (QED) is 0.741. The van der Waals surface area contributed by atoms with Crippen LogP contribution in [0.25, 0.3) is 0 Å². The molecule has 0 aliphatic carbocycles. The normalized spacial score (nSPS) is 10.9. The molecule has 0 spiro atoms. The summed E-state index contributed by atoms with van der Waals surface area (Å²) in [5.74, 6) is 1.35. The van der Waals surface area contributed by atoms with Gasteiger partial charge in [-0.2, -0.15) is 4.98 Å². The van der Waals surface area contributed by atoms with Crippen LogP contribution in [0.3, 0.4) is 0 Å². The molecule has 1 heterocycles. The number of nitrogens with zero attached hydrogens (tertiary/aromatic N) is 3. The molecular weight excluding hydrogens is 180 g/mol. The number of ether oxygens (including phenoxy) is 1. The van der Waals surface area contributed by atoms with E-state index >= 15 is 0 Å². The highest BCUT2D eigenvalue weighted by Crippen LogP contribution is 2.06. The SMILES string of the molecule is CC(C)COc1nc(CCN)n(C)n1. The highest BCUT2D eigenvalue weighted by molar-refractivity contribution is 4.97. The van der Waals surface area contributed by atoms with Crippen LogP contribution in [-0.2, 0) is 13.5 Å². The number of nitrogens with two attached hydrogens (primary N) is 1. The molecule has 0 amide bonds. The second-order valence-electron chi connectivity index (χ2n) is 3.68. The van der Waals surface area contributed by atoms with Crippen molar-refractivity contribution in [1.29, 1.82) is 0 Å². The Labute approximate surface area is 84.3 Å². The standard InChI is InChI=1S/C9H18N4O/c1-7(2)6-14-9-11-8(4-5-10)13(3)12-9/h7H,4-6,10H2,1-3H3. The van der Waals surface area contributed by atoms with Crippen LogP contribution in [0.15, 0.2) is 0 Å². The number of aromatic nitrogens is 3. The summed E-state index contributed by atoms with van der Waals surface area (Å²) in [6.45, 7) is 5.40. The Morgan fingerprint density at radius 3 is 2.79 bits per heavy atom. The van der Waals surface area contributed by atoms with Gasteiger partial charge in [-0.25, -0.2) is 4.68 Å². The van der Waals surface area contributed by atoms with Crippen LogP contribution in [-0.4, -0.2) is 27.9 Å². The van der Waals surface area contributed by atoms with Crippen LogP contribution in [0.2, 0.25) is 0 Å². The number of aryl methyl sites for hydroxylation is 1. The Bertz CT molecular complexity index is 282. The Hall–Kier alpha value is -1.10. The van der Waals surface area contributed by atoms with Crippen LogP contribution >= 0.6 is 0 Å². The second kappa shape index (κ2) is 4.95. The lowest BCUT2D eigenvalue weighted by molar-refractivity contribution is 0.250. The van der Waals surface area contributed by atoms with E-state index < -0.39 is 0 Å². The molecule has 14 heavy (non-hydrogen) atoms. The minimum Gasteiger partial charge on any atom is -0.462 e. The van der Waals surface area contributed by atoms with Gasteiger partial charge in [-0.05, 0) is 12.5 Å². The molecule has 0 fully saturated rings. The first-order valence-electron chi connectivity index (χ1n) is 4.86. The molecule has 0 atom stereocenters. The summed E-state index contributed by atoms with van der Waals surface area (Å²) < 4.78 is 7.10. The fraction of sp³-hybridized carbons (Fsp3) is 0.778. The van der Waals surface area contributed by atoms with E-state index in [1.165, 1.54) is 0 Å². The Morgan fingerprint density at radius 2 is 2.21 bits per heavy atom. The van der Waals surface area contributed by atoms with Crippen molar-refractivity contribution < 1.29 is 4.74 Å². The minimum atomic E-state index is 0.449. The zero-order chi connectivity index (χ0) is 10.6. The van der Waals surface area contributed by atoms with Crippen LogP contribution in [0.4, 0.5) is 0 Å². The molecular formula is C9H18N4O. The number of hydrogen-bond acceptors (Lipinski definition) is 4. The summed E-state index contributed by atoms with van der Waals surface area (Å²) >= 11 is 0. The van der Waals surface area contributed by atoms with Crippen molar-refractivity contribution in [2.75, 3.05) is 13.2 Å². The monoisotopic (exact) mass is 198 g/mol. The van der Waals surface area contributed by atoms with Crippen LogP contribution < -0.4 is 10.5 Å². The van der Waals surface area contributed by atoms with E-state index in [1.807, 2.05) is 7.05 Å². The van der Waals surface area contributed by atoms with E-state index in [-0.39, 0.29) is 0 Å². The van der Waals surface area contributed by atoms with E-state index in [2.05, 4.69) is 23.9 Å². The van der Waals surface area contributed by atoms with Gasteiger partial charge in [0.1, 0.15) is 5.82 Å². The lowest BCUT2D eigenvalue weighted by atomic mass is 10.2. The van der Waals surface area contributed by atoms with E-state index in [9.17, 15) is 0 Å². The molecule has 1 rings (SSSR count). The maximum atomic E-state index is 5.44. The average Bonchev–Trinajstić information content (AvgIpc) is 2.45. The van der Waals surface area contributed by atoms with E-state index in [4.69, 9.17) is 10.5 Å². The molecule has 0 saturated carbocycles. The first-order valence-corrected chi connectivity index (χ1v) is 4.86. The van der Waals surface area contributed by atoms with Gasteiger partial charge < -0.3 is 10.5 Å². The van der Waals surface area contributed by atoms with Crippen molar-refractivity contribution in [2.24, 2.45) is 18.7 Å². The summed E-state index contributed by atoms with van der Waals surface area (Å²) in [6.07, 6.45) is 0.731. The van der Waals surface area contributed by atoms with Gasteiger partial charge in [0, 0.05) is 13.5 Å². The minimum absolute atomic E-state index is 0.449. The molecule has 0 aromatic carbocycles. The Balaban J connectivity index is 2.56. The average molecular weight is 198 g/mol. The van der Waals surface area contributed by atoms with Crippen LogP contribution in [0, 0.1) is 5.92 Å². The van der Waals surface area contributed by atoms with Crippen molar-refractivity contribution in [3.05, 3.63) is 5.82 Å². The largest absolute Gasteiger partial charge is 0.462 e. The third kappa shape index (κ3) is 2.99. The summed E-state index contributed by atoms with van der Waals surface area (Å²) in [5.41, 5.74) is 5.44. The van der Waals surface area contributed by atoms with Gasteiger partial charge >= 0.3 is 6.01 Å². The molecule has 0 saturated heterocycles. The van der Waals surface area contributed by atoms with Gasteiger partial charge in [-0.1, -0.05) is 13.8 Å². The fourth-order valence-electron chi connectivity index (χ4n) is 1.04. The van der Waals surface area contributed by atoms with Gasteiger partial charge in [0.2, 0.25) is 0 Å². The molecule has 5 nitrogen and oxygen atoms in total. The van der Waals surface area contributed by atoms with Crippen molar-refractivity contribution >= 4 is 0 Å². The van der Waals surface area contributed by atoms with Gasteiger partial charge in [0.25, 0.3) is 0 Å². The van der Waals surface area contributed by atoms with E-state index in [0.29, 0.717) is 25.1 Å². The molecule has 1 aromatic rings. The molecule has 80 valence electrons. The lowest BCUT2D eigenvalue weighted by Gasteiger charge is -2.02. The van der Waals surface area contributed by atoms with Gasteiger partial charge in [0.15, 0.2) is 0 Å². The maximum absolute atomic E-state index is 5.44. The molecule has 2 N–H and O–H groups in total. The molecule has 0 aliphatic heterocycles. The van der Waals surface area contributed by atoms with E-state index in [1.54, 1.807) is 4.68 Å². The predicted octanol–water partition coefficient (Wildman–Crippen LogP) is 0.351. The first-order chi connectivity index (χ1) is 6.63. The van der Waals surface area contributed by atoms with Gasteiger partial charge in [-0.15, -0.1) is 5.10 Å². The fourth-order valence-corrected chi connectivity index (χ4v) is 1.04. The lowest BCUT2D eigenvalue weighted by Crippen LogP contribution is -2.08. The summed E-state index contributed by atoms with van der Waals surface area (Å²) in [7, 11) is 1.85. The predicted molar refractivity (Wildman–Crippen MR) is 54.1 cm³/mol. The summed E-state index contributed by atoms with van der Waals surface area (Å²) in [4.78, 5) is 4.22. The first kappa shape index (κ1) is 11.0. The Kier molecular flexibility index (Phi) is 3.88. The van der Waals surface area contributed by atoms with Crippen LogP contribution in [0.5, 0.6) is 6.01 Å². The van der Waals surface area contributed by atoms with Gasteiger partial charge in [-0.3, -0.25) is 0 Å². The Morgan fingerprint density at radius 1 is 1.50 bits per heavy atom. The molecule has 0 radical (unpaired) electrons. The second-order valence-corrected chi connectivity index (χ2v) is 3.68. The summed E-state index contributed by atoms with van der Waals surface area (Å²) in [5, 5.41) is 4.13. The summed E-state index contributed by atoms with van der Waals surface area (Å²) in [6, 6.07) is 0.449. The third-order valence-corrected chi connectivity index (χ3v) is 1.75. The molecule has 5 heteroatoms. The molecule has 0 bridgehead atoms. The van der Waals surface area contributed by atoms with Gasteiger partial charge in [0.05, 0.1) is 6.61 Å². The zero-order valence-corrected chi connectivity index (χ0v) is 9.03. The van der Waals surface area contributed by atoms with Crippen molar-refractivity contribution in [2.45, 2.75) is 20.3 Å². The van der Waals surface area contributed by atoms with Crippen molar-refractivity contribution in [3.63, 3.8) is 0 Å². The highest BCUT2D eigenvalue weighted by atomic mass is 16.5. The highest BCUT2D eigenvalue weighted by Gasteiger charge is 2.07. The van der Waals surface area contributed by atoms with Crippen molar-refractivity contribution in [3.8, 4) is 6.01 Å². The smallest absolute Gasteiger partial charge is 0.335 e.